The number of nitrogens with zero attached hydrogens (tertiary/aromatic N) is 5. The van der Waals surface area contributed by atoms with Crippen molar-refractivity contribution >= 4 is 41.0 Å². The largest absolute Gasteiger partial charge is 0.444 e. The maximum atomic E-state index is 13.2. The summed E-state index contributed by atoms with van der Waals surface area (Å²) in [6.45, 7) is 2.12. The van der Waals surface area contributed by atoms with Crippen LogP contribution in [-0.2, 0) is 37.3 Å². The number of benzene rings is 1. The first kappa shape index (κ1) is 37.8. The Kier molecular flexibility index (Phi) is 12.4. The molecular weight excluding hydrogens is 702 g/mol. The highest BCUT2D eigenvalue weighted by Crippen LogP contribution is 2.30. The molecule has 1 saturated heterocycles. The number of anilines is 1. The number of carbonyl (C=O) groups is 6. The molecule has 5 amide bonds. The number of ketones is 1. The summed E-state index contributed by atoms with van der Waals surface area (Å²) in [5, 5.41) is 9.12. The smallest absolute Gasteiger partial charge is 0.277 e. The van der Waals surface area contributed by atoms with Crippen molar-refractivity contribution < 1.29 is 47.4 Å². The number of ether oxygens (including phenoxy) is 3. The number of hydrogen-bond acceptors (Lipinski definition) is 13. The summed E-state index contributed by atoms with van der Waals surface area (Å²) in [7, 11) is 1.66. The van der Waals surface area contributed by atoms with Gasteiger partial charge in [0, 0.05) is 57.3 Å². The van der Waals surface area contributed by atoms with Gasteiger partial charge in [-0.25, -0.2) is 4.98 Å². The molecule has 2 aliphatic rings. The van der Waals surface area contributed by atoms with Crippen LogP contribution in [0.2, 0.25) is 0 Å². The van der Waals surface area contributed by atoms with E-state index in [9.17, 15) is 28.8 Å². The van der Waals surface area contributed by atoms with Crippen LogP contribution in [0.5, 0.6) is 0 Å². The van der Waals surface area contributed by atoms with Crippen LogP contribution in [0, 0.1) is 0 Å². The van der Waals surface area contributed by atoms with Gasteiger partial charge in [-0.15, -0.1) is 0 Å². The van der Waals surface area contributed by atoms with Gasteiger partial charge in [0.05, 0.1) is 43.2 Å². The van der Waals surface area contributed by atoms with Crippen molar-refractivity contribution in [3.05, 3.63) is 83.3 Å². The van der Waals surface area contributed by atoms with Gasteiger partial charge >= 0.3 is 0 Å². The lowest BCUT2D eigenvalue weighted by Crippen LogP contribution is -2.54. The van der Waals surface area contributed by atoms with Crippen LogP contribution in [0.4, 0.5) is 5.69 Å². The Bertz CT molecular complexity index is 2030. The molecule has 1 fully saturated rings. The minimum absolute atomic E-state index is 0.0540. The molecule has 4 aromatic rings. The van der Waals surface area contributed by atoms with Gasteiger partial charge in [-0.05, 0) is 49.4 Å². The zero-order chi connectivity index (χ0) is 38.0. The van der Waals surface area contributed by atoms with Crippen molar-refractivity contribution in [3.8, 4) is 11.5 Å². The number of imide groups is 2. The molecule has 2 aliphatic heterocycles. The first-order chi connectivity index (χ1) is 26.2. The predicted octanol–water partition coefficient (Wildman–Crippen LogP) is 2.77. The fraction of sp³-hybridized carbons (Fsp3) is 0.378. The third-order valence-electron chi connectivity index (χ3n) is 8.73. The number of rotatable bonds is 19. The maximum absolute atomic E-state index is 13.2. The average Bonchev–Trinajstić information content (AvgIpc) is 3.87. The monoisotopic (exact) mass is 741 g/mol. The van der Waals surface area contributed by atoms with Crippen molar-refractivity contribution in [1.82, 2.24) is 30.0 Å². The van der Waals surface area contributed by atoms with E-state index in [0.717, 1.165) is 4.90 Å². The first-order valence-corrected chi connectivity index (χ1v) is 17.5. The summed E-state index contributed by atoms with van der Waals surface area (Å²) in [6, 6.07) is 7.49. The Morgan fingerprint density at radius 2 is 1.67 bits per heavy atom. The third kappa shape index (κ3) is 8.99. The van der Waals surface area contributed by atoms with Crippen molar-refractivity contribution in [2.75, 3.05) is 45.0 Å². The molecule has 6 rings (SSSR count). The van der Waals surface area contributed by atoms with Gasteiger partial charge in [-0.3, -0.25) is 48.6 Å². The highest BCUT2D eigenvalue weighted by atomic mass is 16.5. The molecular formula is C37H39N7O10. The number of hydrogen-bond donors (Lipinski definition) is 2. The van der Waals surface area contributed by atoms with Gasteiger partial charge in [0.2, 0.25) is 17.7 Å². The Labute approximate surface area is 309 Å². The summed E-state index contributed by atoms with van der Waals surface area (Å²) in [5.41, 5.74) is 2.39. The van der Waals surface area contributed by atoms with Crippen LogP contribution < -0.4 is 10.6 Å². The molecule has 1 atom stereocenters. The van der Waals surface area contributed by atoms with Gasteiger partial charge in [-0.2, -0.15) is 5.10 Å². The van der Waals surface area contributed by atoms with Gasteiger partial charge in [0.15, 0.2) is 17.2 Å². The van der Waals surface area contributed by atoms with E-state index in [1.165, 1.54) is 10.9 Å². The zero-order valence-electron chi connectivity index (χ0n) is 29.6. The van der Waals surface area contributed by atoms with E-state index in [1.807, 2.05) is 0 Å². The van der Waals surface area contributed by atoms with E-state index in [2.05, 4.69) is 25.7 Å². The molecule has 1 aromatic carbocycles. The van der Waals surface area contributed by atoms with E-state index < -0.39 is 35.6 Å². The molecule has 17 nitrogen and oxygen atoms in total. The number of carbonyl (C=O) groups excluding carboxylic acids is 6. The van der Waals surface area contributed by atoms with E-state index in [4.69, 9.17) is 18.6 Å². The minimum Gasteiger partial charge on any atom is -0.444 e. The maximum Gasteiger partial charge on any atom is 0.277 e. The number of amides is 5. The SMILES string of the molecule is Cn1cc(NC(=O)c2coc(-c3ccncc3)n2)c(C(=O)CCCOCCOCCOCCCc2cccc3c2C(=O)N(C2CCC(=O)NC2=O)C3=O)n1. The number of aryl methyl sites for hydroxylation is 2. The number of oxazole rings is 1. The van der Waals surface area contributed by atoms with Gasteiger partial charge < -0.3 is 23.9 Å². The fourth-order valence-electron chi connectivity index (χ4n) is 6.13. The van der Waals surface area contributed by atoms with Gasteiger partial charge in [0.1, 0.15) is 12.3 Å². The minimum atomic E-state index is -1.00. The molecule has 282 valence electrons. The number of fused-ring (bicyclic) bond motifs is 1. The lowest BCUT2D eigenvalue weighted by Gasteiger charge is -2.27. The Balaban J connectivity index is 0.824. The normalized spacial score (nSPS) is 15.4. The number of piperidine rings is 1. The van der Waals surface area contributed by atoms with Crippen LogP contribution >= 0.6 is 0 Å². The van der Waals surface area contributed by atoms with Crippen molar-refractivity contribution in [2.45, 2.75) is 44.6 Å². The highest BCUT2D eigenvalue weighted by Gasteiger charge is 2.45. The zero-order valence-corrected chi connectivity index (χ0v) is 29.6. The Hall–Kier alpha value is -5.91. The molecule has 0 bridgehead atoms. The van der Waals surface area contributed by atoms with Crippen LogP contribution in [-0.4, -0.2) is 106 Å². The molecule has 0 spiro atoms. The van der Waals surface area contributed by atoms with Crippen LogP contribution in [0.3, 0.4) is 0 Å². The van der Waals surface area contributed by atoms with Crippen molar-refractivity contribution in [1.29, 1.82) is 0 Å². The second-order valence-electron chi connectivity index (χ2n) is 12.5. The average molecular weight is 742 g/mol. The Morgan fingerprint density at radius 3 is 2.41 bits per heavy atom. The number of nitrogens with one attached hydrogen (secondary N) is 2. The molecule has 0 saturated carbocycles. The second-order valence-corrected chi connectivity index (χ2v) is 12.5. The highest BCUT2D eigenvalue weighted by molar-refractivity contribution is 6.24. The summed E-state index contributed by atoms with van der Waals surface area (Å²) >= 11 is 0. The van der Waals surface area contributed by atoms with Crippen molar-refractivity contribution in [3.63, 3.8) is 0 Å². The number of aromatic nitrogens is 4. The molecule has 3 aromatic heterocycles. The third-order valence-corrected chi connectivity index (χ3v) is 8.73. The quantitative estimate of drug-likeness (QED) is 0.0805. The molecule has 54 heavy (non-hydrogen) atoms. The standard InChI is InChI=1S/C37H39N7O10/c1-43-21-26(39-33(47)27-22-54-35(40-27)24-11-13-38-14-12-24)32(42-43)29(45)8-4-16-52-18-20-53-19-17-51-15-3-6-23-5-2-7-25-31(23)37(50)44(36(25)49)28-9-10-30(46)41-34(28)48/h2,5,7,11-14,21-22,28H,3-4,6,8-10,15-20H2,1H3,(H,39,47)(H,41,46,48). The summed E-state index contributed by atoms with van der Waals surface area (Å²) in [4.78, 5) is 85.0. The number of Topliss-reactive ketones (excluding diaryl/α,β-unsaturated/α-hetero) is 1. The molecule has 0 radical (unpaired) electrons. The van der Waals surface area contributed by atoms with E-state index >= 15 is 0 Å². The second kappa shape index (κ2) is 17.7. The van der Waals surface area contributed by atoms with Gasteiger partial charge in [0.25, 0.3) is 17.7 Å². The van der Waals surface area contributed by atoms with Gasteiger partial charge in [-0.1, -0.05) is 12.1 Å². The molecule has 0 aliphatic carbocycles. The van der Waals surface area contributed by atoms with Crippen LogP contribution in [0.25, 0.3) is 11.5 Å². The first-order valence-electron chi connectivity index (χ1n) is 17.5. The van der Waals surface area contributed by atoms with Crippen LogP contribution in [0.15, 0.2) is 59.6 Å². The summed E-state index contributed by atoms with van der Waals surface area (Å²) in [5.74, 6) is -2.62. The van der Waals surface area contributed by atoms with E-state index in [-0.39, 0.29) is 53.6 Å². The molecule has 17 heteroatoms. The van der Waals surface area contributed by atoms with E-state index in [1.54, 1.807) is 56.0 Å². The predicted molar refractivity (Wildman–Crippen MR) is 188 cm³/mol. The van der Waals surface area contributed by atoms with E-state index in [0.29, 0.717) is 75.6 Å². The summed E-state index contributed by atoms with van der Waals surface area (Å²) < 4.78 is 23.7. The molecule has 2 N–H and O–H groups in total. The van der Waals surface area contributed by atoms with Crippen molar-refractivity contribution in [2.24, 2.45) is 7.05 Å². The van der Waals surface area contributed by atoms with Crippen LogP contribution in [0.1, 0.15) is 79.4 Å². The molecule has 5 heterocycles. The fourth-order valence-corrected chi connectivity index (χ4v) is 6.13. The summed E-state index contributed by atoms with van der Waals surface area (Å²) in [6.07, 6.45) is 7.85. The lowest BCUT2D eigenvalue weighted by molar-refractivity contribution is -0.136. The Morgan fingerprint density at radius 1 is 0.944 bits per heavy atom. The topological polar surface area (TPSA) is 214 Å². The lowest BCUT2D eigenvalue weighted by atomic mass is 9.99. The number of pyridine rings is 1. The molecule has 1 unspecified atom stereocenters.